The third-order valence-corrected chi connectivity index (χ3v) is 7.91. The minimum absolute atomic E-state index is 0.288. The predicted octanol–water partition coefficient (Wildman–Crippen LogP) is 7.28. The molecule has 1 saturated heterocycles. The summed E-state index contributed by atoms with van der Waals surface area (Å²) in [5, 5.41) is 7.49. The fourth-order valence-corrected chi connectivity index (χ4v) is 6.09. The van der Waals surface area contributed by atoms with Crippen LogP contribution in [-0.4, -0.2) is 34.9 Å². The number of piperidine rings is 1. The van der Waals surface area contributed by atoms with Crippen LogP contribution in [0, 0.1) is 5.82 Å². The van der Waals surface area contributed by atoms with Gasteiger partial charge in [-0.2, -0.15) is 0 Å². The van der Waals surface area contributed by atoms with Crippen molar-refractivity contribution < 1.29 is 9.13 Å². The summed E-state index contributed by atoms with van der Waals surface area (Å²) < 4.78 is 20.6. The van der Waals surface area contributed by atoms with Crippen molar-refractivity contribution in [3.63, 3.8) is 0 Å². The molecular formula is C32H31ClFN5O. The van der Waals surface area contributed by atoms with Gasteiger partial charge in [0, 0.05) is 45.7 Å². The third-order valence-electron chi connectivity index (χ3n) is 7.68. The zero-order chi connectivity index (χ0) is 27.8. The Morgan fingerprint density at radius 3 is 2.52 bits per heavy atom. The molecule has 6 rings (SSSR count). The number of anilines is 2. The number of aliphatic imine (C=N–C) groups is 1. The minimum Gasteiger partial charge on any atom is -0.496 e. The average Bonchev–Trinajstić information content (AvgIpc) is 3.09. The van der Waals surface area contributed by atoms with Gasteiger partial charge in [-0.25, -0.2) is 14.4 Å². The molecule has 3 aromatic carbocycles. The van der Waals surface area contributed by atoms with Crippen molar-refractivity contribution in [2.75, 3.05) is 12.4 Å². The van der Waals surface area contributed by atoms with E-state index in [-0.39, 0.29) is 6.54 Å². The van der Waals surface area contributed by atoms with Crippen molar-refractivity contribution in [2.24, 2.45) is 4.99 Å². The lowest BCUT2D eigenvalue weighted by molar-refractivity contribution is 0.317. The van der Waals surface area contributed by atoms with Crippen LogP contribution in [0.25, 0.3) is 11.3 Å². The number of nitrogens with zero attached hydrogens (tertiary/aromatic N) is 3. The molecule has 204 valence electrons. The maximum atomic E-state index is 15.1. The Kier molecular flexibility index (Phi) is 7.26. The van der Waals surface area contributed by atoms with Gasteiger partial charge < -0.3 is 15.4 Å². The highest BCUT2D eigenvalue weighted by Gasteiger charge is 2.26. The molecule has 0 bridgehead atoms. The standard InChI is InChI=1S/C32H31ClFN5O/c1-18-13-21(14-19(2)37-18)20-7-10-24(11-8-20)38-32-36-17-22-16-35-31(29-27(34)5-4-6-28(29)40-3)26-15-23(33)9-12-25(26)30(22)39-32/h4-12,15,17-19,21,37H,13-14,16H2,1-3H3,(H,36,38,39). The molecule has 1 fully saturated rings. The Labute approximate surface area is 238 Å². The Bertz CT molecular complexity index is 1580. The summed E-state index contributed by atoms with van der Waals surface area (Å²) in [7, 11) is 1.52. The summed E-state index contributed by atoms with van der Waals surface area (Å²) in [4.78, 5) is 14.3. The van der Waals surface area contributed by atoms with Gasteiger partial charge in [0.25, 0.3) is 0 Å². The summed E-state index contributed by atoms with van der Waals surface area (Å²) >= 11 is 6.42. The van der Waals surface area contributed by atoms with Crippen LogP contribution >= 0.6 is 11.6 Å². The number of nitrogens with one attached hydrogen (secondary N) is 2. The fourth-order valence-electron chi connectivity index (χ4n) is 5.91. The fraction of sp³-hybridized carbons (Fsp3) is 0.281. The summed E-state index contributed by atoms with van der Waals surface area (Å²) in [5.41, 5.74) is 6.09. The van der Waals surface area contributed by atoms with Gasteiger partial charge in [-0.3, -0.25) is 4.99 Å². The van der Waals surface area contributed by atoms with E-state index in [1.54, 1.807) is 24.4 Å². The van der Waals surface area contributed by atoms with Crippen LogP contribution in [0.5, 0.6) is 5.75 Å². The molecule has 4 aromatic rings. The van der Waals surface area contributed by atoms with Crippen molar-refractivity contribution in [1.82, 2.24) is 15.3 Å². The first kappa shape index (κ1) is 26.4. The molecule has 3 heterocycles. The van der Waals surface area contributed by atoms with E-state index < -0.39 is 5.82 Å². The highest BCUT2D eigenvalue weighted by molar-refractivity contribution is 6.31. The summed E-state index contributed by atoms with van der Waals surface area (Å²) in [5.74, 6) is 1.01. The molecule has 2 unspecified atom stereocenters. The third kappa shape index (κ3) is 5.19. The molecule has 1 aromatic heterocycles. The molecule has 2 aliphatic heterocycles. The maximum Gasteiger partial charge on any atom is 0.227 e. The number of methoxy groups -OCH3 is 1. The summed E-state index contributed by atoms with van der Waals surface area (Å²) in [6.07, 6.45) is 4.05. The minimum atomic E-state index is -0.416. The molecule has 0 saturated carbocycles. The second-order valence-corrected chi connectivity index (χ2v) is 11.1. The van der Waals surface area contributed by atoms with Crippen LogP contribution < -0.4 is 15.4 Å². The van der Waals surface area contributed by atoms with Crippen LogP contribution in [0.2, 0.25) is 5.02 Å². The predicted molar refractivity (Wildman–Crippen MR) is 159 cm³/mol. The van der Waals surface area contributed by atoms with E-state index in [4.69, 9.17) is 26.3 Å². The first-order chi connectivity index (χ1) is 19.4. The number of ether oxygens (including phenoxy) is 1. The maximum absolute atomic E-state index is 15.1. The Morgan fingerprint density at radius 2 is 1.77 bits per heavy atom. The van der Waals surface area contributed by atoms with Crippen molar-refractivity contribution in [3.05, 3.63) is 100.0 Å². The Hall–Kier alpha value is -3.81. The zero-order valence-electron chi connectivity index (χ0n) is 22.7. The van der Waals surface area contributed by atoms with Crippen molar-refractivity contribution in [3.8, 4) is 17.0 Å². The zero-order valence-corrected chi connectivity index (χ0v) is 23.5. The van der Waals surface area contributed by atoms with Crippen LogP contribution in [0.4, 0.5) is 16.0 Å². The lowest BCUT2D eigenvalue weighted by Crippen LogP contribution is -2.41. The van der Waals surface area contributed by atoms with Crippen LogP contribution in [-0.2, 0) is 6.54 Å². The molecule has 0 amide bonds. The van der Waals surface area contributed by atoms with Gasteiger partial charge >= 0.3 is 0 Å². The normalized spacial score (nSPS) is 20.1. The second-order valence-electron chi connectivity index (χ2n) is 10.6. The lowest BCUT2D eigenvalue weighted by Gasteiger charge is -2.33. The average molecular weight is 556 g/mol. The quantitative estimate of drug-likeness (QED) is 0.271. The van der Waals surface area contributed by atoms with Gasteiger partial charge in [-0.15, -0.1) is 0 Å². The molecule has 8 heteroatoms. The summed E-state index contributed by atoms with van der Waals surface area (Å²) in [6.45, 7) is 4.79. The Balaban J connectivity index is 1.32. The number of hydrogen-bond acceptors (Lipinski definition) is 6. The van der Waals surface area contributed by atoms with E-state index in [9.17, 15) is 0 Å². The van der Waals surface area contributed by atoms with Gasteiger partial charge in [0.15, 0.2) is 0 Å². The number of fused-ring (bicyclic) bond motifs is 3. The first-order valence-corrected chi connectivity index (χ1v) is 13.9. The largest absolute Gasteiger partial charge is 0.496 e. The SMILES string of the molecule is COc1cccc(F)c1C1=NCc2cnc(Nc3ccc(C4CC(C)NC(C)C4)cc3)nc2-c2ccc(Cl)cc21. The van der Waals surface area contributed by atoms with Crippen LogP contribution in [0.3, 0.4) is 0 Å². The van der Waals surface area contributed by atoms with E-state index in [2.05, 4.69) is 53.7 Å². The molecule has 0 spiro atoms. The molecule has 2 N–H and O–H groups in total. The van der Waals surface area contributed by atoms with E-state index in [0.29, 0.717) is 51.6 Å². The van der Waals surface area contributed by atoms with Gasteiger partial charge in [0.2, 0.25) is 5.95 Å². The van der Waals surface area contributed by atoms with Gasteiger partial charge in [-0.05, 0) is 74.6 Å². The van der Waals surface area contributed by atoms with E-state index >= 15 is 4.39 Å². The molecule has 0 aliphatic carbocycles. The van der Waals surface area contributed by atoms with Crippen molar-refractivity contribution >= 4 is 28.9 Å². The van der Waals surface area contributed by atoms with E-state index in [1.807, 2.05) is 12.1 Å². The lowest BCUT2D eigenvalue weighted by atomic mass is 9.84. The molecule has 0 radical (unpaired) electrons. The molecule has 2 aliphatic rings. The highest BCUT2D eigenvalue weighted by atomic mass is 35.5. The monoisotopic (exact) mass is 555 g/mol. The number of rotatable bonds is 5. The van der Waals surface area contributed by atoms with Gasteiger partial charge in [0.1, 0.15) is 11.6 Å². The van der Waals surface area contributed by atoms with Crippen LogP contribution in [0.15, 0.2) is 71.9 Å². The second kappa shape index (κ2) is 11.0. The molecular weight excluding hydrogens is 525 g/mol. The van der Waals surface area contributed by atoms with Gasteiger partial charge in [0.05, 0.1) is 30.6 Å². The highest BCUT2D eigenvalue weighted by Crippen LogP contribution is 2.36. The number of halogens is 2. The topological polar surface area (TPSA) is 71.4 Å². The van der Waals surface area contributed by atoms with Gasteiger partial charge in [-0.1, -0.05) is 35.9 Å². The van der Waals surface area contributed by atoms with E-state index in [1.165, 1.54) is 18.7 Å². The number of aromatic nitrogens is 2. The molecule has 2 atom stereocenters. The first-order valence-electron chi connectivity index (χ1n) is 13.6. The van der Waals surface area contributed by atoms with Crippen molar-refractivity contribution in [2.45, 2.75) is 51.2 Å². The van der Waals surface area contributed by atoms with E-state index in [0.717, 1.165) is 35.3 Å². The molecule has 6 nitrogen and oxygen atoms in total. The smallest absolute Gasteiger partial charge is 0.227 e. The summed E-state index contributed by atoms with van der Waals surface area (Å²) in [6, 6.07) is 19.8. The van der Waals surface area contributed by atoms with Crippen molar-refractivity contribution in [1.29, 1.82) is 0 Å². The van der Waals surface area contributed by atoms with Crippen LogP contribution in [0.1, 0.15) is 54.9 Å². The number of benzene rings is 3. The Morgan fingerprint density at radius 1 is 1.00 bits per heavy atom. The number of hydrogen-bond donors (Lipinski definition) is 2. The molecule has 40 heavy (non-hydrogen) atoms.